The summed E-state index contributed by atoms with van der Waals surface area (Å²) in [7, 11) is 0. The summed E-state index contributed by atoms with van der Waals surface area (Å²) < 4.78 is 0. The molecule has 0 amide bonds. The van der Waals surface area contributed by atoms with Gasteiger partial charge in [-0.2, -0.15) is 4.98 Å². The quantitative estimate of drug-likeness (QED) is 0.664. The fourth-order valence-corrected chi connectivity index (χ4v) is 3.30. The van der Waals surface area contributed by atoms with Crippen molar-refractivity contribution in [3.05, 3.63) is 46.6 Å². The van der Waals surface area contributed by atoms with E-state index >= 15 is 0 Å². The number of benzene rings is 1. The maximum Gasteiger partial charge on any atom is 0.341 e. The minimum atomic E-state index is -1.03. The van der Waals surface area contributed by atoms with Crippen LogP contribution < -0.4 is 10.6 Å². The molecule has 0 aliphatic heterocycles. The number of halogens is 1. The van der Waals surface area contributed by atoms with Crippen LogP contribution in [0.25, 0.3) is 0 Å². The lowest BCUT2D eigenvalue weighted by atomic mass is 9.89. The molecule has 0 saturated heterocycles. The lowest BCUT2D eigenvalue weighted by Gasteiger charge is -2.22. The van der Waals surface area contributed by atoms with Gasteiger partial charge in [0.2, 0.25) is 5.95 Å². The Bertz CT molecular complexity index is 746. The van der Waals surface area contributed by atoms with Gasteiger partial charge in [-0.3, -0.25) is 0 Å². The molecule has 1 aromatic carbocycles. The van der Waals surface area contributed by atoms with Crippen molar-refractivity contribution in [1.29, 1.82) is 0 Å². The summed E-state index contributed by atoms with van der Waals surface area (Å²) in [6.07, 6.45) is 7.50. The van der Waals surface area contributed by atoms with E-state index in [0.717, 1.165) is 12.1 Å². The highest BCUT2D eigenvalue weighted by molar-refractivity contribution is 6.30. The number of aromatic carboxylic acids is 1. The topological polar surface area (TPSA) is 87.1 Å². The van der Waals surface area contributed by atoms with Gasteiger partial charge in [0.1, 0.15) is 11.4 Å². The summed E-state index contributed by atoms with van der Waals surface area (Å²) in [6, 6.07) is 7.49. The van der Waals surface area contributed by atoms with Crippen molar-refractivity contribution in [3.63, 3.8) is 0 Å². The van der Waals surface area contributed by atoms with Crippen LogP contribution in [0.1, 0.15) is 48.0 Å². The Balaban J connectivity index is 1.66. The number of rotatable bonds is 7. The molecule has 1 aliphatic carbocycles. The fraction of sp³-hybridized carbons (Fsp3) is 0.421. The Morgan fingerprint density at radius 3 is 2.58 bits per heavy atom. The summed E-state index contributed by atoms with van der Waals surface area (Å²) in [5.41, 5.74) is 1.13. The van der Waals surface area contributed by atoms with E-state index in [1.54, 1.807) is 0 Å². The van der Waals surface area contributed by atoms with Crippen LogP contribution in [0.5, 0.6) is 0 Å². The van der Waals surface area contributed by atoms with Crippen LogP contribution in [0.3, 0.4) is 0 Å². The Morgan fingerprint density at radius 2 is 1.88 bits per heavy atom. The van der Waals surface area contributed by atoms with Crippen molar-refractivity contribution in [1.82, 2.24) is 9.97 Å². The van der Waals surface area contributed by atoms with Gasteiger partial charge in [0, 0.05) is 24.3 Å². The largest absolute Gasteiger partial charge is 0.477 e. The number of carboxylic acid groups (broad SMARTS) is 1. The summed E-state index contributed by atoms with van der Waals surface area (Å²) in [5, 5.41) is 16.4. The molecule has 1 saturated carbocycles. The van der Waals surface area contributed by atoms with Crippen molar-refractivity contribution in [3.8, 4) is 0 Å². The summed E-state index contributed by atoms with van der Waals surface area (Å²) in [4.78, 5) is 19.9. The predicted molar refractivity (Wildman–Crippen MR) is 103 cm³/mol. The molecule has 1 fully saturated rings. The van der Waals surface area contributed by atoms with E-state index in [0.29, 0.717) is 29.3 Å². The Kier molecular flexibility index (Phi) is 6.28. The van der Waals surface area contributed by atoms with Crippen LogP contribution in [0.4, 0.5) is 11.8 Å². The molecule has 0 atom stereocenters. The van der Waals surface area contributed by atoms with E-state index in [2.05, 4.69) is 20.6 Å². The Labute approximate surface area is 158 Å². The maximum atomic E-state index is 11.4. The third-order valence-corrected chi connectivity index (χ3v) is 4.92. The first kappa shape index (κ1) is 18.5. The number of anilines is 2. The van der Waals surface area contributed by atoms with Gasteiger partial charge in [0.25, 0.3) is 0 Å². The fourth-order valence-electron chi connectivity index (χ4n) is 3.17. The highest BCUT2D eigenvalue weighted by Crippen LogP contribution is 2.24. The minimum Gasteiger partial charge on any atom is -0.477 e. The van der Waals surface area contributed by atoms with Crippen molar-refractivity contribution in [2.45, 2.75) is 38.6 Å². The number of nitrogens with one attached hydrogen (secondary N) is 2. The van der Waals surface area contributed by atoms with E-state index in [1.807, 2.05) is 24.3 Å². The minimum absolute atomic E-state index is 0.0952. The molecular weight excluding hydrogens is 352 g/mol. The molecule has 0 radical (unpaired) electrons. The highest BCUT2D eigenvalue weighted by atomic mass is 35.5. The molecule has 3 rings (SSSR count). The van der Waals surface area contributed by atoms with Crippen molar-refractivity contribution in [2.75, 3.05) is 17.2 Å². The van der Waals surface area contributed by atoms with E-state index in [9.17, 15) is 9.90 Å². The molecule has 2 aromatic rings. The van der Waals surface area contributed by atoms with E-state index in [-0.39, 0.29) is 5.56 Å². The standard InChI is InChI=1S/C19H23ClN4O2/c20-15-8-6-14(7-9-15)11-22-19-23-12-16(18(25)26)17(24-19)21-10-13-4-2-1-3-5-13/h6-9,12-13H,1-5,10-11H2,(H,25,26)(H2,21,22,23,24). The molecule has 1 aromatic heterocycles. The Hall–Kier alpha value is -2.34. The zero-order valence-corrected chi connectivity index (χ0v) is 15.3. The SMILES string of the molecule is O=C(O)c1cnc(NCc2ccc(Cl)cc2)nc1NCC1CCCCC1. The van der Waals surface area contributed by atoms with Crippen LogP contribution in [-0.2, 0) is 6.54 Å². The number of hydrogen-bond donors (Lipinski definition) is 3. The Morgan fingerprint density at radius 1 is 1.15 bits per heavy atom. The van der Waals surface area contributed by atoms with E-state index < -0.39 is 5.97 Å². The second kappa shape index (κ2) is 8.85. The number of carboxylic acids is 1. The van der Waals surface area contributed by atoms with Gasteiger partial charge in [0.15, 0.2) is 0 Å². The molecular formula is C19H23ClN4O2. The van der Waals surface area contributed by atoms with Gasteiger partial charge in [-0.05, 0) is 36.5 Å². The molecule has 0 spiro atoms. The number of hydrogen-bond acceptors (Lipinski definition) is 5. The van der Waals surface area contributed by atoms with Crippen LogP contribution >= 0.6 is 11.6 Å². The van der Waals surface area contributed by atoms with Crippen molar-refractivity contribution in [2.24, 2.45) is 5.92 Å². The second-order valence-corrected chi connectivity index (χ2v) is 7.06. The first-order chi connectivity index (χ1) is 12.6. The van der Waals surface area contributed by atoms with E-state index in [1.165, 1.54) is 38.3 Å². The number of nitrogens with zero attached hydrogens (tertiary/aromatic N) is 2. The van der Waals surface area contributed by atoms with E-state index in [4.69, 9.17) is 11.6 Å². The summed E-state index contributed by atoms with van der Waals surface area (Å²) in [5.74, 6) is 0.319. The van der Waals surface area contributed by atoms with Crippen LogP contribution in [0.2, 0.25) is 5.02 Å². The molecule has 0 unspecified atom stereocenters. The van der Waals surface area contributed by atoms with Gasteiger partial charge >= 0.3 is 5.97 Å². The first-order valence-electron chi connectivity index (χ1n) is 8.94. The lowest BCUT2D eigenvalue weighted by Crippen LogP contribution is -2.20. The lowest BCUT2D eigenvalue weighted by molar-refractivity contribution is 0.0697. The smallest absolute Gasteiger partial charge is 0.341 e. The molecule has 26 heavy (non-hydrogen) atoms. The van der Waals surface area contributed by atoms with Gasteiger partial charge in [-0.1, -0.05) is 43.0 Å². The van der Waals surface area contributed by atoms with Gasteiger partial charge in [0.05, 0.1) is 0 Å². The van der Waals surface area contributed by atoms with Gasteiger partial charge in [-0.25, -0.2) is 9.78 Å². The molecule has 3 N–H and O–H groups in total. The summed E-state index contributed by atoms with van der Waals surface area (Å²) in [6.45, 7) is 1.28. The van der Waals surface area contributed by atoms with Crippen LogP contribution in [-0.4, -0.2) is 27.6 Å². The monoisotopic (exact) mass is 374 g/mol. The maximum absolute atomic E-state index is 11.4. The average molecular weight is 375 g/mol. The zero-order valence-electron chi connectivity index (χ0n) is 14.5. The molecule has 138 valence electrons. The van der Waals surface area contributed by atoms with Gasteiger partial charge < -0.3 is 15.7 Å². The highest BCUT2D eigenvalue weighted by Gasteiger charge is 2.17. The average Bonchev–Trinajstić information content (AvgIpc) is 2.66. The first-order valence-corrected chi connectivity index (χ1v) is 9.32. The molecule has 1 heterocycles. The van der Waals surface area contributed by atoms with Crippen LogP contribution in [0.15, 0.2) is 30.5 Å². The third-order valence-electron chi connectivity index (χ3n) is 4.67. The number of carbonyl (C=O) groups is 1. The van der Waals surface area contributed by atoms with Gasteiger partial charge in [-0.15, -0.1) is 0 Å². The van der Waals surface area contributed by atoms with Crippen molar-refractivity contribution < 1.29 is 9.90 Å². The third kappa shape index (κ3) is 5.08. The molecule has 0 bridgehead atoms. The normalized spacial score (nSPS) is 14.8. The predicted octanol–water partition coefficient (Wildman–Crippen LogP) is 4.43. The summed E-state index contributed by atoms with van der Waals surface area (Å²) >= 11 is 5.89. The molecule has 7 heteroatoms. The molecule has 1 aliphatic rings. The second-order valence-electron chi connectivity index (χ2n) is 6.63. The zero-order chi connectivity index (χ0) is 18.4. The van der Waals surface area contributed by atoms with Crippen LogP contribution in [0, 0.1) is 5.92 Å². The molecule has 6 nitrogen and oxygen atoms in total. The number of aromatic nitrogens is 2. The van der Waals surface area contributed by atoms with Crippen molar-refractivity contribution >= 4 is 29.3 Å².